The van der Waals surface area contributed by atoms with Crippen LogP contribution in [0, 0.1) is 0 Å². The second-order valence-corrected chi connectivity index (χ2v) is 6.91. The fourth-order valence-electron chi connectivity index (χ4n) is 3.33. The van der Waals surface area contributed by atoms with Gasteiger partial charge in [-0.3, -0.25) is 4.79 Å². The molecule has 2 aromatic rings. The van der Waals surface area contributed by atoms with E-state index in [2.05, 4.69) is 29.2 Å². The van der Waals surface area contributed by atoms with Gasteiger partial charge in [-0.15, -0.1) is 5.01 Å². The van der Waals surface area contributed by atoms with E-state index >= 15 is 0 Å². The van der Waals surface area contributed by atoms with Crippen LogP contribution in [0.25, 0.3) is 0 Å². The zero-order valence-corrected chi connectivity index (χ0v) is 17.2. The van der Waals surface area contributed by atoms with Gasteiger partial charge in [0, 0.05) is 18.8 Å². The predicted octanol–water partition coefficient (Wildman–Crippen LogP) is 3.34. The highest BCUT2D eigenvalue weighted by Crippen LogP contribution is 2.30. The van der Waals surface area contributed by atoms with Crippen molar-refractivity contribution in [3.63, 3.8) is 0 Å². The van der Waals surface area contributed by atoms with Crippen LogP contribution in [-0.4, -0.2) is 43.4 Å². The minimum atomic E-state index is -1.17. The number of rotatable bonds is 7. The highest BCUT2D eigenvalue weighted by atomic mass is 16.5. The van der Waals surface area contributed by atoms with E-state index in [0.717, 1.165) is 29.3 Å². The molecule has 0 spiro atoms. The Morgan fingerprint density at radius 1 is 1.07 bits per heavy atom. The van der Waals surface area contributed by atoms with Gasteiger partial charge in [0.2, 0.25) is 0 Å². The monoisotopic (exact) mass is 394 g/mol. The average Bonchev–Trinajstić information content (AvgIpc) is 2.97. The maximum atomic E-state index is 12.9. The van der Waals surface area contributed by atoms with Crippen LogP contribution in [0.15, 0.2) is 53.6 Å². The van der Waals surface area contributed by atoms with E-state index in [9.17, 15) is 9.59 Å². The van der Waals surface area contributed by atoms with E-state index < -0.39 is 17.5 Å². The Bertz CT molecular complexity index is 905. The van der Waals surface area contributed by atoms with Crippen molar-refractivity contribution in [1.29, 1.82) is 0 Å². The Morgan fingerprint density at radius 3 is 2.24 bits per heavy atom. The number of anilines is 1. The first-order chi connectivity index (χ1) is 13.9. The number of carbonyl (C=O) groups is 2. The molecule has 3 amide bonds. The number of benzene rings is 2. The number of carbonyl (C=O) groups excluding carboxylic acids is 2. The summed E-state index contributed by atoms with van der Waals surface area (Å²) in [6.45, 7) is 7.74. The highest BCUT2D eigenvalue weighted by molar-refractivity contribution is 6.07. The fourth-order valence-corrected chi connectivity index (χ4v) is 3.33. The van der Waals surface area contributed by atoms with Gasteiger partial charge in [0.25, 0.3) is 5.91 Å². The second kappa shape index (κ2) is 8.34. The summed E-state index contributed by atoms with van der Waals surface area (Å²) in [6, 6.07) is 14.3. The molecule has 2 aromatic carbocycles. The summed E-state index contributed by atoms with van der Waals surface area (Å²) in [5.74, 6) is 0.251. The van der Waals surface area contributed by atoms with Crippen LogP contribution in [0.1, 0.15) is 31.9 Å². The first-order valence-corrected chi connectivity index (χ1v) is 9.63. The van der Waals surface area contributed by atoms with Crippen LogP contribution in [0.4, 0.5) is 10.5 Å². The van der Waals surface area contributed by atoms with Crippen molar-refractivity contribution in [2.45, 2.75) is 26.3 Å². The van der Waals surface area contributed by atoms with E-state index in [4.69, 9.17) is 4.74 Å². The zero-order valence-electron chi connectivity index (χ0n) is 17.2. The Kier molecular flexibility index (Phi) is 5.87. The number of nitrogens with one attached hydrogen (secondary N) is 1. The largest absolute Gasteiger partial charge is 0.497 e. The molecule has 1 atom stereocenters. The third-order valence-electron chi connectivity index (χ3n) is 5.18. The highest BCUT2D eigenvalue weighted by Gasteiger charge is 2.49. The Balaban J connectivity index is 1.77. The molecule has 0 saturated carbocycles. The maximum Gasteiger partial charge on any atom is 0.346 e. The summed E-state index contributed by atoms with van der Waals surface area (Å²) in [5, 5.41) is 7.75. The summed E-state index contributed by atoms with van der Waals surface area (Å²) in [5.41, 5.74) is 1.42. The number of amides is 3. The number of hydrazone groups is 1. The van der Waals surface area contributed by atoms with Gasteiger partial charge in [-0.05, 0) is 56.2 Å². The minimum absolute atomic E-state index is 0.427. The molecule has 1 aliphatic rings. The van der Waals surface area contributed by atoms with E-state index in [-0.39, 0.29) is 0 Å². The van der Waals surface area contributed by atoms with E-state index in [1.165, 1.54) is 6.21 Å². The molecule has 1 heterocycles. The van der Waals surface area contributed by atoms with Crippen LogP contribution < -0.4 is 15.0 Å². The molecule has 29 heavy (non-hydrogen) atoms. The van der Waals surface area contributed by atoms with Gasteiger partial charge in [-0.25, -0.2) is 4.79 Å². The molecule has 0 aromatic heterocycles. The minimum Gasteiger partial charge on any atom is -0.497 e. The number of methoxy groups -OCH3 is 1. The summed E-state index contributed by atoms with van der Waals surface area (Å²) in [7, 11) is 1.57. The van der Waals surface area contributed by atoms with E-state index in [1.54, 1.807) is 38.3 Å². The summed E-state index contributed by atoms with van der Waals surface area (Å²) in [4.78, 5) is 27.5. The normalized spacial score (nSPS) is 19.0. The van der Waals surface area contributed by atoms with Gasteiger partial charge in [0.1, 0.15) is 11.3 Å². The zero-order chi connectivity index (χ0) is 21.0. The molecular formula is C22H26N4O3. The first-order valence-electron chi connectivity index (χ1n) is 9.63. The summed E-state index contributed by atoms with van der Waals surface area (Å²) in [6.07, 6.45) is 1.52. The third-order valence-corrected chi connectivity index (χ3v) is 5.18. The van der Waals surface area contributed by atoms with Crippen molar-refractivity contribution in [1.82, 2.24) is 10.3 Å². The van der Waals surface area contributed by atoms with E-state index in [0.29, 0.717) is 11.3 Å². The third kappa shape index (κ3) is 3.94. The fraction of sp³-hybridized carbons (Fsp3) is 0.318. The van der Waals surface area contributed by atoms with Crippen molar-refractivity contribution >= 4 is 23.8 Å². The lowest BCUT2D eigenvalue weighted by molar-refractivity contribution is -0.131. The standard InChI is InChI=1S/C22H26N4O3/c1-5-25(6-2)18-11-7-16(8-12-18)15-23-26-20(27)22(3,24-21(26)28)17-9-13-19(29-4)14-10-17/h7-15H,5-6H2,1-4H3,(H,24,28)/b23-15-/t22-/m0/s1. The second-order valence-electron chi connectivity index (χ2n) is 6.91. The number of imide groups is 1. The number of ether oxygens (including phenoxy) is 1. The van der Waals surface area contributed by atoms with Crippen molar-refractivity contribution in [2.75, 3.05) is 25.1 Å². The molecule has 7 heteroatoms. The molecule has 7 nitrogen and oxygen atoms in total. The quantitative estimate of drug-likeness (QED) is 0.577. The smallest absolute Gasteiger partial charge is 0.346 e. The first kappa shape index (κ1) is 20.4. The van der Waals surface area contributed by atoms with Crippen molar-refractivity contribution in [3.05, 3.63) is 59.7 Å². The average molecular weight is 394 g/mol. The summed E-state index contributed by atoms with van der Waals surface area (Å²) < 4.78 is 5.15. The van der Waals surface area contributed by atoms with Crippen LogP contribution in [0.3, 0.4) is 0 Å². The SMILES string of the molecule is CCN(CC)c1ccc(/C=N\N2C(=O)N[C@@](C)(c3ccc(OC)cc3)C2=O)cc1. The number of hydrogen-bond donors (Lipinski definition) is 1. The van der Waals surface area contributed by atoms with Gasteiger partial charge in [-0.2, -0.15) is 5.10 Å². The van der Waals surface area contributed by atoms with Crippen LogP contribution in [-0.2, 0) is 10.3 Å². The maximum absolute atomic E-state index is 12.9. The molecule has 152 valence electrons. The van der Waals surface area contributed by atoms with Gasteiger partial charge < -0.3 is 15.0 Å². The Hall–Kier alpha value is -3.35. The predicted molar refractivity (Wildman–Crippen MR) is 113 cm³/mol. The van der Waals surface area contributed by atoms with Crippen LogP contribution in [0.2, 0.25) is 0 Å². The van der Waals surface area contributed by atoms with Gasteiger partial charge in [-0.1, -0.05) is 24.3 Å². The lowest BCUT2D eigenvalue weighted by atomic mass is 9.92. The van der Waals surface area contributed by atoms with Crippen molar-refractivity contribution < 1.29 is 14.3 Å². The molecule has 0 aliphatic carbocycles. The molecule has 1 fully saturated rings. The molecule has 1 aliphatic heterocycles. The van der Waals surface area contributed by atoms with Crippen LogP contribution >= 0.6 is 0 Å². The molecule has 0 unspecified atom stereocenters. The topological polar surface area (TPSA) is 74.2 Å². The van der Waals surface area contributed by atoms with E-state index in [1.807, 2.05) is 24.3 Å². The van der Waals surface area contributed by atoms with Crippen molar-refractivity contribution in [3.8, 4) is 5.75 Å². The summed E-state index contributed by atoms with van der Waals surface area (Å²) >= 11 is 0. The molecule has 1 N–H and O–H groups in total. The molecular weight excluding hydrogens is 368 g/mol. The van der Waals surface area contributed by atoms with Crippen LogP contribution in [0.5, 0.6) is 5.75 Å². The molecule has 1 saturated heterocycles. The number of nitrogens with zero attached hydrogens (tertiary/aromatic N) is 3. The van der Waals surface area contributed by atoms with Gasteiger partial charge in [0.15, 0.2) is 0 Å². The molecule has 0 bridgehead atoms. The number of urea groups is 1. The number of hydrogen-bond acceptors (Lipinski definition) is 5. The van der Waals surface area contributed by atoms with Gasteiger partial charge in [0.05, 0.1) is 13.3 Å². The lowest BCUT2D eigenvalue weighted by Gasteiger charge is -2.21. The van der Waals surface area contributed by atoms with Crippen molar-refractivity contribution in [2.24, 2.45) is 5.10 Å². The van der Waals surface area contributed by atoms with Gasteiger partial charge >= 0.3 is 6.03 Å². The molecule has 0 radical (unpaired) electrons. The lowest BCUT2D eigenvalue weighted by Crippen LogP contribution is -2.40. The molecule has 3 rings (SSSR count). The Morgan fingerprint density at radius 2 is 1.69 bits per heavy atom. The Labute approximate surface area is 171 Å².